The van der Waals surface area contributed by atoms with Crippen LogP contribution in [0.15, 0.2) is 23.8 Å². The predicted molar refractivity (Wildman–Crippen MR) is 86.7 cm³/mol. The van der Waals surface area contributed by atoms with E-state index in [4.69, 9.17) is 5.26 Å². The number of hydrogen-bond acceptors (Lipinski definition) is 2. The first-order valence-electron chi connectivity index (χ1n) is 8.60. The Kier molecular flexibility index (Phi) is 4.12. The van der Waals surface area contributed by atoms with E-state index in [-0.39, 0.29) is 11.3 Å². The van der Waals surface area contributed by atoms with Gasteiger partial charge in [-0.3, -0.25) is 4.79 Å². The van der Waals surface area contributed by atoms with Gasteiger partial charge in [0.05, 0.1) is 6.07 Å². The Bertz CT molecular complexity index is 556. The average molecular weight is 298 g/mol. The zero-order valence-corrected chi connectivity index (χ0v) is 13.5. The van der Waals surface area contributed by atoms with E-state index in [9.17, 15) is 4.79 Å². The van der Waals surface area contributed by atoms with Crippen LogP contribution in [0.25, 0.3) is 0 Å². The molecule has 1 heterocycles. The number of amides is 1. The Morgan fingerprint density at radius 1 is 1.45 bits per heavy atom. The summed E-state index contributed by atoms with van der Waals surface area (Å²) in [5.41, 5.74) is 2.86. The van der Waals surface area contributed by atoms with Crippen LogP contribution >= 0.6 is 0 Å². The van der Waals surface area contributed by atoms with Gasteiger partial charge in [-0.2, -0.15) is 5.26 Å². The van der Waals surface area contributed by atoms with E-state index in [0.717, 1.165) is 38.6 Å². The summed E-state index contributed by atoms with van der Waals surface area (Å²) in [7, 11) is 0. The molecule has 0 bridgehead atoms. The Morgan fingerprint density at radius 2 is 2.27 bits per heavy atom. The SMILES string of the molecule is C=C1CC[C@H]2[C@@H](CCC3=CC(=O)NCC[C@@]32C)[C@@H]1CCC#N. The van der Waals surface area contributed by atoms with Crippen molar-refractivity contribution in [3.8, 4) is 6.07 Å². The van der Waals surface area contributed by atoms with Gasteiger partial charge in [-0.25, -0.2) is 0 Å². The van der Waals surface area contributed by atoms with E-state index in [1.165, 1.54) is 17.6 Å². The lowest BCUT2D eigenvalue weighted by Crippen LogP contribution is -2.45. The molecule has 0 spiro atoms. The lowest BCUT2D eigenvalue weighted by molar-refractivity contribution is -0.116. The quantitative estimate of drug-likeness (QED) is 0.790. The fourth-order valence-corrected chi connectivity index (χ4v) is 5.24. The summed E-state index contributed by atoms with van der Waals surface area (Å²) in [6.45, 7) is 7.45. The number of hydrogen-bond donors (Lipinski definition) is 1. The molecule has 3 heteroatoms. The van der Waals surface area contributed by atoms with Gasteiger partial charge in [-0.1, -0.05) is 24.6 Å². The standard InChI is InChI=1S/C19H26N2O/c1-13-5-8-17-16(15(13)4-3-10-20)7-6-14-12-18(22)21-11-9-19(14,17)2/h12,15-17H,1,3-9,11H2,2H3,(H,21,22)/t15-,16+,17+,19+/m1/s1. The summed E-state index contributed by atoms with van der Waals surface area (Å²) >= 11 is 0. The molecule has 2 fully saturated rings. The largest absolute Gasteiger partial charge is 0.353 e. The maximum absolute atomic E-state index is 11.9. The Labute approximate surface area is 133 Å². The molecular weight excluding hydrogens is 272 g/mol. The van der Waals surface area contributed by atoms with Crippen molar-refractivity contribution >= 4 is 5.91 Å². The van der Waals surface area contributed by atoms with Crippen LogP contribution in [0.5, 0.6) is 0 Å². The summed E-state index contributed by atoms with van der Waals surface area (Å²) in [5.74, 6) is 1.86. The van der Waals surface area contributed by atoms with Crippen molar-refractivity contribution in [1.82, 2.24) is 5.32 Å². The summed E-state index contributed by atoms with van der Waals surface area (Å²) in [4.78, 5) is 11.9. The molecule has 0 aromatic rings. The van der Waals surface area contributed by atoms with Crippen molar-refractivity contribution in [1.29, 1.82) is 5.26 Å². The van der Waals surface area contributed by atoms with Gasteiger partial charge in [0.15, 0.2) is 0 Å². The Morgan fingerprint density at radius 3 is 3.05 bits per heavy atom. The number of carbonyl (C=O) groups is 1. The molecule has 0 unspecified atom stereocenters. The molecule has 3 rings (SSSR count). The second-order valence-electron chi connectivity index (χ2n) is 7.44. The number of nitrogens with zero attached hydrogens (tertiary/aromatic N) is 1. The van der Waals surface area contributed by atoms with E-state index in [0.29, 0.717) is 24.2 Å². The summed E-state index contributed by atoms with van der Waals surface area (Å²) in [6.07, 6.45) is 8.96. The molecule has 0 aromatic heterocycles. The third-order valence-electron chi connectivity index (χ3n) is 6.45. The van der Waals surface area contributed by atoms with E-state index >= 15 is 0 Å². The van der Waals surface area contributed by atoms with Gasteiger partial charge < -0.3 is 5.32 Å². The molecule has 1 amide bonds. The summed E-state index contributed by atoms with van der Waals surface area (Å²) in [6, 6.07) is 2.31. The van der Waals surface area contributed by atoms with E-state index in [1.54, 1.807) is 0 Å². The molecule has 0 aromatic carbocycles. The predicted octanol–water partition coefficient (Wildman–Crippen LogP) is 3.74. The second kappa shape index (κ2) is 5.91. The number of rotatable bonds is 2. The van der Waals surface area contributed by atoms with Crippen molar-refractivity contribution in [2.45, 2.75) is 51.9 Å². The minimum Gasteiger partial charge on any atom is -0.353 e. The number of carbonyl (C=O) groups excluding carboxylic acids is 1. The van der Waals surface area contributed by atoms with Crippen LogP contribution < -0.4 is 5.32 Å². The van der Waals surface area contributed by atoms with Crippen LogP contribution in [0.4, 0.5) is 0 Å². The van der Waals surface area contributed by atoms with Gasteiger partial charge in [0.25, 0.3) is 0 Å². The van der Waals surface area contributed by atoms with E-state index in [1.807, 2.05) is 6.08 Å². The van der Waals surface area contributed by atoms with Gasteiger partial charge >= 0.3 is 0 Å². The highest BCUT2D eigenvalue weighted by Crippen LogP contribution is 2.58. The van der Waals surface area contributed by atoms with Crippen LogP contribution in [0.3, 0.4) is 0 Å². The van der Waals surface area contributed by atoms with Gasteiger partial charge in [-0.15, -0.1) is 0 Å². The third kappa shape index (κ3) is 2.49. The normalized spacial score (nSPS) is 38.0. The zero-order chi connectivity index (χ0) is 15.7. The molecule has 0 saturated heterocycles. The number of fused-ring (bicyclic) bond motifs is 3. The highest BCUT2D eigenvalue weighted by Gasteiger charge is 2.49. The van der Waals surface area contributed by atoms with Crippen molar-refractivity contribution in [3.63, 3.8) is 0 Å². The van der Waals surface area contributed by atoms with Crippen molar-refractivity contribution in [2.24, 2.45) is 23.2 Å². The lowest BCUT2D eigenvalue weighted by atomic mass is 9.51. The molecule has 0 radical (unpaired) electrons. The first kappa shape index (κ1) is 15.3. The molecule has 3 nitrogen and oxygen atoms in total. The van der Waals surface area contributed by atoms with Crippen LogP contribution in [0, 0.1) is 34.5 Å². The average Bonchev–Trinajstić information content (AvgIpc) is 2.64. The molecule has 4 atom stereocenters. The van der Waals surface area contributed by atoms with Gasteiger partial charge in [0, 0.05) is 19.0 Å². The van der Waals surface area contributed by atoms with Gasteiger partial charge in [-0.05, 0) is 61.7 Å². The molecular formula is C19H26N2O. The molecule has 2 saturated carbocycles. The lowest BCUT2D eigenvalue weighted by Gasteiger charge is -2.53. The maximum atomic E-state index is 11.9. The third-order valence-corrected chi connectivity index (χ3v) is 6.45. The fourth-order valence-electron chi connectivity index (χ4n) is 5.24. The molecule has 3 aliphatic rings. The van der Waals surface area contributed by atoms with E-state index < -0.39 is 0 Å². The highest BCUT2D eigenvalue weighted by molar-refractivity contribution is 5.88. The minimum atomic E-state index is 0.0819. The monoisotopic (exact) mass is 298 g/mol. The molecule has 1 N–H and O–H groups in total. The molecule has 22 heavy (non-hydrogen) atoms. The Balaban J connectivity index is 1.90. The molecule has 118 valence electrons. The van der Waals surface area contributed by atoms with Crippen LogP contribution in [-0.4, -0.2) is 12.5 Å². The summed E-state index contributed by atoms with van der Waals surface area (Å²) in [5, 5.41) is 11.9. The molecule has 1 aliphatic heterocycles. The molecule has 2 aliphatic carbocycles. The second-order valence-corrected chi connectivity index (χ2v) is 7.44. The number of nitriles is 1. The van der Waals surface area contributed by atoms with E-state index in [2.05, 4.69) is 24.9 Å². The smallest absolute Gasteiger partial charge is 0.243 e. The van der Waals surface area contributed by atoms with Crippen LogP contribution in [0.2, 0.25) is 0 Å². The first-order chi connectivity index (χ1) is 10.6. The number of nitrogens with one attached hydrogen (secondary N) is 1. The zero-order valence-electron chi connectivity index (χ0n) is 13.5. The van der Waals surface area contributed by atoms with Gasteiger partial charge in [0.2, 0.25) is 5.91 Å². The van der Waals surface area contributed by atoms with Crippen LogP contribution in [-0.2, 0) is 4.79 Å². The minimum absolute atomic E-state index is 0.0819. The fraction of sp³-hybridized carbons (Fsp3) is 0.684. The van der Waals surface area contributed by atoms with Crippen LogP contribution in [0.1, 0.15) is 51.9 Å². The van der Waals surface area contributed by atoms with Crippen molar-refractivity contribution < 1.29 is 4.79 Å². The highest BCUT2D eigenvalue weighted by atomic mass is 16.1. The van der Waals surface area contributed by atoms with Crippen molar-refractivity contribution in [2.75, 3.05) is 6.54 Å². The maximum Gasteiger partial charge on any atom is 0.243 e. The Hall–Kier alpha value is -1.56. The van der Waals surface area contributed by atoms with Crippen molar-refractivity contribution in [3.05, 3.63) is 23.8 Å². The summed E-state index contributed by atoms with van der Waals surface area (Å²) < 4.78 is 0. The topological polar surface area (TPSA) is 52.9 Å². The van der Waals surface area contributed by atoms with Gasteiger partial charge in [0.1, 0.15) is 0 Å². The number of allylic oxidation sites excluding steroid dienone is 2. The first-order valence-corrected chi connectivity index (χ1v) is 8.60.